The van der Waals surface area contributed by atoms with Crippen molar-refractivity contribution in [3.05, 3.63) is 42.5 Å². The molecule has 0 saturated carbocycles. The number of benzene rings is 2. The van der Waals surface area contributed by atoms with Gasteiger partial charge in [0.2, 0.25) is 11.8 Å². The zero-order chi connectivity index (χ0) is 18.8. The summed E-state index contributed by atoms with van der Waals surface area (Å²) in [5.74, 6) is 0.623. The van der Waals surface area contributed by atoms with Gasteiger partial charge in [0.1, 0.15) is 0 Å². The number of likely N-dealkylation sites (tertiary alicyclic amines) is 1. The second kappa shape index (κ2) is 8.93. The molecule has 0 radical (unpaired) electrons. The summed E-state index contributed by atoms with van der Waals surface area (Å²) in [4.78, 5) is 29.5. The lowest BCUT2D eigenvalue weighted by atomic mass is 9.95. The monoisotopic (exact) mass is 401 g/mol. The second-order valence-electron chi connectivity index (χ2n) is 7.73. The van der Waals surface area contributed by atoms with Gasteiger partial charge >= 0.3 is 0 Å². The Morgan fingerprint density at radius 1 is 1.11 bits per heavy atom. The van der Waals surface area contributed by atoms with E-state index in [9.17, 15) is 9.59 Å². The smallest absolute Gasteiger partial charge is 0.228 e. The molecule has 1 atom stereocenters. The molecule has 2 saturated heterocycles. The molecule has 2 fully saturated rings. The fourth-order valence-corrected chi connectivity index (χ4v) is 4.45. The highest BCUT2D eigenvalue weighted by atomic mass is 35.5. The van der Waals surface area contributed by atoms with E-state index in [0.29, 0.717) is 18.9 Å². The first-order chi connectivity index (χ1) is 13.2. The summed E-state index contributed by atoms with van der Waals surface area (Å²) in [6.07, 6.45) is 2.40. The molecule has 1 N–H and O–H groups in total. The van der Waals surface area contributed by atoms with Crippen LogP contribution in [0, 0.1) is 11.8 Å². The molecule has 1 unspecified atom stereocenters. The van der Waals surface area contributed by atoms with Crippen LogP contribution in [0.5, 0.6) is 0 Å². The molecule has 4 rings (SSSR count). The van der Waals surface area contributed by atoms with Gasteiger partial charge in [-0.1, -0.05) is 36.4 Å². The van der Waals surface area contributed by atoms with Crippen LogP contribution in [-0.2, 0) is 9.59 Å². The summed E-state index contributed by atoms with van der Waals surface area (Å²) >= 11 is 0. The Balaban J connectivity index is 0.00000225. The molecule has 2 aliphatic heterocycles. The van der Waals surface area contributed by atoms with Crippen LogP contribution >= 0.6 is 12.4 Å². The summed E-state index contributed by atoms with van der Waals surface area (Å²) in [5.41, 5.74) is 0.918. The highest BCUT2D eigenvalue weighted by molar-refractivity contribution is 6.07. The summed E-state index contributed by atoms with van der Waals surface area (Å²) in [7, 11) is 1.98. The van der Waals surface area contributed by atoms with Crippen molar-refractivity contribution in [1.29, 1.82) is 0 Å². The van der Waals surface area contributed by atoms with E-state index in [1.165, 1.54) is 0 Å². The standard InChI is InChI=1S/C22H27N3O2.ClH/c1-23-14-16-9-11-24(12-10-16)22(27)18-13-21(26)25(15-18)20-8-4-6-17-5-2-3-7-19(17)20;/h2-8,16,18,23H,9-15H2,1H3;1H. The molecule has 2 amide bonds. The Morgan fingerprint density at radius 3 is 2.57 bits per heavy atom. The third kappa shape index (κ3) is 4.01. The van der Waals surface area contributed by atoms with Gasteiger partial charge < -0.3 is 15.1 Å². The van der Waals surface area contributed by atoms with E-state index in [1.54, 1.807) is 4.90 Å². The zero-order valence-electron chi connectivity index (χ0n) is 16.3. The van der Waals surface area contributed by atoms with Crippen LogP contribution in [0.15, 0.2) is 42.5 Å². The van der Waals surface area contributed by atoms with Crippen molar-refractivity contribution >= 4 is 40.7 Å². The number of anilines is 1. The second-order valence-corrected chi connectivity index (χ2v) is 7.73. The normalized spacial score (nSPS) is 20.5. The van der Waals surface area contributed by atoms with Crippen LogP contribution < -0.4 is 10.2 Å². The van der Waals surface area contributed by atoms with Crippen LogP contribution in [0.1, 0.15) is 19.3 Å². The third-order valence-corrected chi connectivity index (χ3v) is 5.95. The van der Waals surface area contributed by atoms with Gasteiger partial charge in [-0.15, -0.1) is 12.4 Å². The minimum Gasteiger partial charge on any atom is -0.342 e. The highest BCUT2D eigenvalue weighted by Crippen LogP contribution is 2.32. The van der Waals surface area contributed by atoms with Crippen molar-refractivity contribution in [2.75, 3.05) is 38.1 Å². The maximum atomic E-state index is 13.0. The molecule has 0 aromatic heterocycles. The average Bonchev–Trinajstić information content (AvgIpc) is 3.09. The number of piperidine rings is 1. The van der Waals surface area contributed by atoms with E-state index in [0.717, 1.165) is 48.9 Å². The minimum atomic E-state index is -0.225. The minimum absolute atomic E-state index is 0. The fraction of sp³-hybridized carbons (Fsp3) is 0.455. The molecule has 2 heterocycles. The lowest BCUT2D eigenvalue weighted by Crippen LogP contribution is -2.43. The highest BCUT2D eigenvalue weighted by Gasteiger charge is 2.38. The largest absolute Gasteiger partial charge is 0.342 e. The molecule has 0 aliphatic carbocycles. The number of halogens is 1. The van der Waals surface area contributed by atoms with E-state index >= 15 is 0 Å². The summed E-state index contributed by atoms with van der Waals surface area (Å²) in [5, 5.41) is 5.41. The van der Waals surface area contributed by atoms with E-state index < -0.39 is 0 Å². The van der Waals surface area contributed by atoms with Crippen molar-refractivity contribution in [1.82, 2.24) is 10.2 Å². The Labute approximate surface area is 172 Å². The van der Waals surface area contributed by atoms with E-state index in [-0.39, 0.29) is 30.1 Å². The predicted octanol–water partition coefficient (Wildman–Crippen LogP) is 3.07. The topological polar surface area (TPSA) is 52.7 Å². The van der Waals surface area contributed by atoms with E-state index in [1.807, 2.05) is 42.3 Å². The van der Waals surface area contributed by atoms with Crippen LogP contribution in [0.4, 0.5) is 5.69 Å². The molecule has 2 aromatic rings. The van der Waals surface area contributed by atoms with Crippen molar-refractivity contribution < 1.29 is 9.59 Å². The number of fused-ring (bicyclic) bond motifs is 1. The van der Waals surface area contributed by atoms with Crippen molar-refractivity contribution in [2.24, 2.45) is 11.8 Å². The molecule has 2 aliphatic rings. The van der Waals surface area contributed by atoms with Gasteiger partial charge in [0.25, 0.3) is 0 Å². The Morgan fingerprint density at radius 2 is 1.82 bits per heavy atom. The fourth-order valence-electron chi connectivity index (χ4n) is 4.45. The molecule has 150 valence electrons. The predicted molar refractivity (Wildman–Crippen MR) is 115 cm³/mol. The molecule has 28 heavy (non-hydrogen) atoms. The van der Waals surface area contributed by atoms with Gasteiger partial charge in [0.15, 0.2) is 0 Å². The SMILES string of the molecule is CNCC1CCN(C(=O)C2CC(=O)N(c3cccc4ccccc34)C2)CC1.Cl. The number of carbonyl (C=O) groups is 2. The average molecular weight is 402 g/mol. The molecular weight excluding hydrogens is 374 g/mol. The molecule has 0 spiro atoms. The first-order valence-electron chi connectivity index (χ1n) is 9.89. The number of hydrogen-bond acceptors (Lipinski definition) is 3. The number of nitrogens with zero attached hydrogens (tertiary/aromatic N) is 2. The quantitative estimate of drug-likeness (QED) is 0.856. The first-order valence-corrected chi connectivity index (χ1v) is 9.89. The number of carbonyl (C=O) groups excluding carboxylic acids is 2. The Hall–Kier alpha value is -2.11. The first kappa shape index (κ1) is 20.6. The van der Waals surface area contributed by atoms with Gasteiger partial charge in [0.05, 0.1) is 11.6 Å². The van der Waals surface area contributed by atoms with Crippen LogP contribution in [0.2, 0.25) is 0 Å². The van der Waals surface area contributed by atoms with Gasteiger partial charge in [0, 0.05) is 31.4 Å². The molecule has 2 aromatic carbocycles. The lowest BCUT2D eigenvalue weighted by Gasteiger charge is -2.33. The van der Waals surface area contributed by atoms with Gasteiger partial charge in [-0.3, -0.25) is 9.59 Å². The molecule has 6 heteroatoms. The van der Waals surface area contributed by atoms with Gasteiger partial charge in [-0.25, -0.2) is 0 Å². The number of hydrogen-bond donors (Lipinski definition) is 1. The number of rotatable bonds is 4. The van der Waals surface area contributed by atoms with Crippen molar-refractivity contribution in [2.45, 2.75) is 19.3 Å². The zero-order valence-corrected chi connectivity index (χ0v) is 17.1. The van der Waals surface area contributed by atoms with Crippen LogP contribution in [0.3, 0.4) is 0 Å². The Bertz CT molecular complexity index is 843. The van der Waals surface area contributed by atoms with Gasteiger partial charge in [-0.05, 0) is 43.8 Å². The Kier molecular flexibility index (Phi) is 6.57. The van der Waals surface area contributed by atoms with E-state index in [4.69, 9.17) is 0 Å². The summed E-state index contributed by atoms with van der Waals surface area (Å²) in [6, 6.07) is 14.1. The molecular formula is C22H28ClN3O2. The number of nitrogens with one attached hydrogen (secondary N) is 1. The maximum absolute atomic E-state index is 13.0. The van der Waals surface area contributed by atoms with Crippen molar-refractivity contribution in [3.8, 4) is 0 Å². The summed E-state index contributed by atoms with van der Waals surface area (Å²) in [6.45, 7) is 3.12. The van der Waals surface area contributed by atoms with Crippen LogP contribution in [0.25, 0.3) is 10.8 Å². The maximum Gasteiger partial charge on any atom is 0.228 e. The summed E-state index contributed by atoms with van der Waals surface area (Å²) < 4.78 is 0. The van der Waals surface area contributed by atoms with Gasteiger partial charge in [-0.2, -0.15) is 0 Å². The molecule has 0 bridgehead atoms. The van der Waals surface area contributed by atoms with Crippen LogP contribution in [-0.4, -0.2) is 49.9 Å². The lowest BCUT2D eigenvalue weighted by molar-refractivity contribution is -0.137. The van der Waals surface area contributed by atoms with E-state index in [2.05, 4.69) is 17.4 Å². The number of amides is 2. The molecule has 5 nitrogen and oxygen atoms in total. The third-order valence-electron chi connectivity index (χ3n) is 5.95. The van der Waals surface area contributed by atoms with Crippen molar-refractivity contribution in [3.63, 3.8) is 0 Å².